The highest BCUT2D eigenvalue weighted by Crippen LogP contribution is 2.40. The third-order valence-electron chi connectivity index (χ3n) is 3.80. The van der Waals surface area contributed by atoms with Crippen LogP contribution in [0.15, 0.2) is 0 Å². The summed E-state index contributed by atoms with van der Waals surface area (Å²) in [7, 11) is 0. The van der Waals surface area contributed by atoms with E-state index in [0.29, 0.717) is 17.8 Å². The third-order valence-corrected chi connectivity index (χ3v) is 3.80. The number of hydrogen-bond acceptors (Lipinski definition) is 1. The predicted molar refractivity (Wildman–Crippen MR) is 57.0 cm³/mol. The molecule has 0 aliphatic heterocycles. The van der Waals surface area contributed by atoms with Crippen LogP contribution in [-0.2, 0) is 4.79 Å². The molecule has 1 aliphatic rings. The Morgan fingerprint density at radius 3 is 1.93 bits per heavy atom. The molecule has 0 radical (unpaired) electrons. The zero-order valence-electron chi connectivity index (χ0n) is 9.66. The van der Waals surface area contributed by atoms with E-state index < -0.39 is 5.97 Å². The Balaban J connectivity index is 2.68. The van der Waals surface area contributed by atoms with Crippen molar-refractivity contribution in [1.29, 1.82) is 0 Å². The van der Waals surface area contributed by atoms with E-state index in [1.54, 1.807) is 0 Å². The van der Waals surface area contributed by atoms with Crippen LogP contribution in [0.25, 0.3) is 0 Å². The predicted octanol–water partition coefficient (Wildman–Crippen LogP) is 3.03. The van der Waals surface area contributed by atoms with Crippen molar-refractivity contribution in [3.8, 4) is 0 Å². The van der Waals surface area contributed by atoms with Crippen molar-refractivity contribution in [2.45, 2.75) is 40.5 Å². The van der Waals surface area contributed by atoms with Gasteiger partial charge in [-0.2, -0.15) is 0 Å². The van der Waals surface area contributed by atoms with Gasteiger partial charge in [-0.3, -0.25) is 4.79 Å². The van der Waals surface area contributed by atoms with Gasteiger partial charge in [0.25, 0.3) is 0 Å². The topological polar surface area (TPSA) is 37.3 Å². The molecule has 14 heavy (non-hydrogen) atoms. The summed E-state index contributed by atoms with van der Waals surface area (Å²) >= 11 is 0. The Bertz CT molecular complexity index is 198. The molecule has 2 unspecified atom stereocenters. The van der Waals surface area contributed by atoms with Crippen molar-refractivity contribution in [2.24, 2.45) is 29.6 Å². The molecule has 0 aromatic carbocycles. The second-order valence-corrected chi connectivity index (χ2v) is 5.29. The maximum Gasteiger partial charge on any atom is 0.307 e. The van der Waals surface area contributed by atoms with E-state index in [-0.39, 0.29) is 5.92 Å². The summed E-state index contributed by atoms with van der Waals surface area (Å²) in [6.45, 7) is 8.66. The fraction of sp³-hybridized carbons (Fsp3) is 0.917. The zero-order chi connectivity index (χ0) is 10.9. The lowest BCUT2D eigenvalue weighted by Gasteiger charge is -2.38. The SMILES string of the molecule is CC(C)C1CC(C)C(C(=O)O)C(C)C1. The van der Waals surface area contributed by atoms with Crippen LogP contribution in [0.1, 0.15) is 40.5 Å². The van der Waals surface area contributed by atoms with Gasteiger partial charge in [0.15, 0.2) is 0 Å². The number of hydrogen-bond donors (Lipinski definition) is 1. The molecule has 0 bridgehead atoms. The molecule has 0 amide bonds. The van der Waals surface area contributed by atoms with Gasteiger partial charge in [-0.05, 0) is 36.5 Å². The molecule has 1 rings (SSSR count). The van der Waals surface area contributed by atoms with Crippen LogP contribution in [0.5, 0.6) is 0 Å². The average molecular weight is 198 g/mol. The molecule has 0 spiro atoms. The molecule has 2 heteroatoms. The van der Waals surface area contributed by atoms with Gasteiger partial charge < -0.3 is 5.11 Å². The first-order chi connectivity index (χ1) is 6.43. The fourth-order valence-electron chi connectivity index (χ4n) is 2.94. The van der Waals surface area contributed by atoms with Crippen molar-refractivity contribution in [3.05, 3.63) is 0 Å². The lowest BCUT2D eigenvalue weighted by Crippen LogP contribution is -2.36. The molecule has 82 valence electrons. The lowest BCUT2D eigenvalue weighted by atomic mass is 9.66. The first kappa shape index (κ1) is 11.5. The summed E-state index contributed by atoms with van der Waals surface area (Å²) in [6, 6.07) is 0. The molecule has 1 aliphatic carbocycles. The molecule has 1 saturated carbocycles. The minimum absolute atomic E-state index is 0.120. The van der Waals surface area contributed by atoms with E-state index in [9.17, 15) is 4.79 Å². The zero-order valence-corrected chi connectivity index (χ0v) is 9.66. The summed E-state index contributed by atoms with van der Waals surface area (Å²) in [5.41, 5.74) is 0. The van der Waals surface area contributed by atoms with Crippen LogP contribution in [-0.4, -0.2) is 11.1 Å². The summed E-state index contributed by atoms with van der Waals surface area (Å²) in [6.07, 6.45) is 2.16. The highest BCUT2D eigenvalue weighted by molar-refractivity contribution is 5.70. The molecule has 2 atom stereocenters. The van der Waals surface area contributed by atoms with E-state index in [4.69, 9.17) is 5.11 Å². The lowest BCUT2D eigenvalue weighted by molar-refractivity contribution is -0.147. The van der Waals surface area contributed by atoms with Crippen LogP contribution < -0.4 is 0 Å². The molecule has 0 saturated heterocycles. The van der Waals surface area contributed by atoms with Gasteiger partial charge >= 0.3 is 5.97 Å². The van der Waals surface area contributed by atoms with E-state index in [2.05, 4.69) is 27.7 Å². The minimum atomic E-state index is -0.604. The minimum Gasteiger partial charge on any atom is -0.481 e. The third kappa shape index (κ3) is 2.28. The number of rotatable bonds is 2. The number of carboxylic acid groups (broad SMARTS) is 1. The van der Waals surface area contributed by atoms with Gasteiger partial charge in [0.2, 0.25) is 0 Å². The Kier molecular flexibility index (Phi) is 3.57. The van der Waals surface area contributed by atoms with Crippen molar-refractivity contribution in [2.75, 3.05) is 0 Å². The summed E-state index contributed by atoms with van der Waals surface area (Å²) < 4.78 is 0. The summed E-state index contributed by atoms with van der Waals surface area (Å²) in [5.74, 6) is 1.36. The van der Waals surface area contributed by atoms with Gasteiger partial charge in [0, 0.05) is 0 Å². The van der Waals surface area contributed by atoms with Gasteiger partial charge in [-0.25, -0.2) is 0 Å². The molecule has 0 heterocycles. The Labute approximate surface area is 86.7 Å². The van der Waals surface area contributed by atoms with E-state index >= 15 is 0 Å². The smallest absolute Gasteiger partial charge is 0.307 e. The maximum atomic E-state index is 11.1. The van der Waals surface area contributed by atoms with Gasteiger partial charge in [-0.1, -0.05) is 27.7 Å². The van der Waals surface area contributed by atoms with Crippen molar-refractivity contribution < 1.29 is 9.90 Å². The quantitative estimate of drug-likeness (QED) is 0.740. The van der Waals surface area contributed by atoms with Gasteiger partial charge in [-0.15, -0.1) is 0 Å². The van der Waals surface area contributed by atoms with Crippen molar-refractivity contribution >= 4 is 5.97 Å². The Morgan fingerprint density at radius 1 is 1.21 bits per heavy atom. The van der Waals surface area contributed by atoms with E-state index in [1.807, 2.05) is 0 Å². The molecule has 0 aromatic heterocycles. The molecule has 1 fully saturated rings. The van der Waals surface area contributed by atoms with Crippen LogP contribution >= 0.6 is 0 Å². The monoisotopic (exact) mass is 198 g/mol. The molecular formula is C12H22O2. The van der Waals surface area contributed by atoms with Crippen LogP contribution in [0.2, 0.25) is 0 Å². The molecule has 2 nitrogen and oxygen atoms in total. The van der Waals surface area contributed by atoms with E-state index in [0.717, 1.165) is 18.8 Å². The largest absolute Gasteiger partial charge is 0.481 e. The number of carbonyl (C=O) groups is 1. The second kappa shape index (κ2) is 4.33. The standard InChI is InChI=1S/C12H22O2/c1-7(2)10-5-8(3)11(12(13)14)9(4)6-10/h7-11H,5-6H2,1-4H3,(H,13,14). The van der Waals surface area contributed by atoms with Crippen LogP contribution in [0, 0.1) is 29.6 Å². The normalized spacial score (nSPS) is 38.6. The van der Waals surface area contributed by atoms with Crippen molar-refractivity contribution in [3.63, 3.8) is 0 Å². The first-order valence-corrected chi connectivity index (χ1v) is 5.66. The highest BCUT2D eigenvalue weighted by Gasteiger charge is 2.38. The van der Waals surface area contributed by atoms with Gasteiger partial charge in [0.1, 0.15) is 0 Å². The Morgan fingerprint density at radius 2 is 1.64 bits per heavy atom. The first-order valence-electron chi connectivity index (χ1n) is 5.66. The van der Waals surface area contributed by atoms with Crippen molar-refractivity contribution in [1.82, 2.24) is 0 Å². The fourth-order valence-corrected chi connectivity index (χ4v) is 2.94. The van der Waals surface area contributed by atoms with E-state index in [1.165, 1.54) is 0 Å². The highest BCUT2D eigenvalue weighted by atomic mass is 16.4. The molecule has 0 aromatic rings. The maximum absolute atomic E-state index is 11.1. The summed E-state index contributed by atoms with van der Waals surface area (Å²) in [4.78, 5) is 11.1. The second-order valence-electron chi connectivity index (χ2n) is 5.29. The average Bonchev–Trinajstić information content (AvgIpc) is 2.01. The number of carboxylic acids is 1. The number of aliphatic carboxylic acids is 1. The molecule has 1 N–H and O–H groups in total. The van der Waals surface area contributed by atoms with Crippen LogP contribution in [0.4, 0.5) is 0 Å². The summed E-state index contributed by atoms with van der Waals surface area (Å²) in [5, 5.41) is 9.10. The van der Waals surface area contributed by atoms with Gasteiger partial charge in [0.05, 0.1) is 5.92 Å². The molecular weight excluding hydrogens is 176 g/mol. The van der Waals surface area contributed by atoms with Crippen LogP contribution in [0.3, 0.4) is 0 Å². The Hall–Kier alpha value is -0.530.